The van der Waals surface area contributed by atoms with Crippen LogP contribution in [0.1, 0.15) is 65.3 Å². The second-order valence-electron chi connectivity index (χ2n) is 16.0. The number of fused-ring (bicyclic) bond motifs is 2. The van der Waals surface area contributed by atoms with Crippen LogP contribution in [0.5, 0.6) is 11.5 Å². The minimum absolute atomic E-state index is 0.0281. The first-order valence-corrected chi connectivity index (χ1v) is 19.9. The van der Waals surface area contributed by atoms with Crippen LogP contribution in [0.3, 0.4) is 0 Å². The van der Waals surface area contributed by atoms with Crippen molar-refractivity contribution in [2.45, 2.75) is 50.6 Å². The van der Waals surface area contributed by atoms with Gasteiger partial charge >= 0.3 is 0 Å². The molecule has 5 aromatic rings. The zero-order valence-corrected chi connectivity index (χ0v) is 31.6. The van der Waals surface area contributed by atoms with E-state index < -0.39 is 29.7 Å². The summed E-state index contributed by atoms with van der Waals surface area (Å²) in [6.07, 6.45) is 4.82. The van der Waals surface area contributed by atoms with Crippen molar-refractivity contribution in [3.05, 3.63) is 90.3 Å². The predicted octanol–water partition coefficient (Wildman–Crippen LogP) is 4.60. The highest BCUT2D eigenvalue weighted by atomic mass is 16.5. The molecule has 10 rings (SSSR count). The van der Waals surface area contributed by atoms with Crippen molar-refractivity contribution in [1.29, 1.82) is 0 Å². The van der Waals surface area contributed by atoms with Crippen LogP contribution in [-0.4, -0.2) is 91.3 Å². The van der Waals surface area contributed by atoms with Crippen LogP contribution in [0.4, 0.5) is 11.5 Å². The number of nitrogens with zero attached hydrogens (tertiary/aromatic N) is 7. The topological polar surface area (TPSA) is 186 Å². The Kier molecular flexibility index (Phi) is 8.68. The van der Waals surface area contributed by atoms with Crippen LogP contribution in [0.25, 0.3) is 22.3 Å². The third kappa shape index (κ3) is 6.12. The molecule has 3 saturated heterocycles. The summed E-state index contributed by atoms with van der Waals surface area (Å²) in [4.78, 5) is 78.2. The van der Waals surface area contributed by atoms with Crippen LogP contribution in [-0.2, 0) is 14.4 Å². The number of nitrogen functional groups attached to an aromatic ring is 1. The number of nitrogens with two attached hydrogens (primary N) is 1. The first kappa shape index (κ1) is 35.8. The summed E-state index contributed by atoms with van der Waals surface area (Å²) in [5, 5.41) is 8.00. The van der Waals surface area contributed by atoms with Crippen molar-refractivity contribution >= 4 is 52.1 Å². The van der Waals surface area contributed by atoms with Crippen LogP contribution in [0.2, 0.25) is 0 Å². The summed E-state index contributed by atoms with van der Waals surface area (Å²) in [6.45, 7) is 3.09. The standard InChI is InChI=1S/C43H41N9O6/c44-38-36-37(24-8-13-31(14-9-24)58-30-4-2-1-3-5-30)48-52(39(36)46-23-45-38)28-10-6-25(7-11-28)41(55)50-21-27(22-50)26-19-49(20-26)29-12-15-32-33(18-29)43(57)51(42(32)56)34-16-17-35(53)47-40(34)54/h1-5,8-9,12-15,18,23,25-28,34H,6-7,10-11,16-17,19-22H2,(H2,44,45,46)(H,47,53,54). The fourth-order valence-electron chi connectivity index (χ4n) is 9.25. The Hall–Kier alpha value is -6.64. The van der Waals surface area contributed by atoms with Gasteiger partial charge in [0.25, 0.3) is 11.8 Å². The number of piperidine rings is 1. The zero-order chi connectivity index (χ0) is 39.7. The molecule has 15 heteroatoms. The van der Waals surface area contributed by atoms with Gasteiger partial charge in [0.2, 0.25) is 17.7 Å². The number of likely N-dealkylation sites (tertiary alicyclic amines) is 1. The molecular weight excluding hydrogens is 739 g/mol. The lowest BCUT2D eigenvalue weighted by Gasteiger charge is -2.52. The maximum atomic E-state index is 13.7. The van der Waals surface area contributed by atoms with E-state index in [0.29, 0.717) is 29.1 Å². The van der Waals surface area contributed by atoms with Gasteiger partial charge in [-0.25, -0.2) is 14.6 Å². The van der Waals surface area contributed by atoms with E-state index in [4.69, 9.17) is 15.6 Å². The molecule has 1 aliphatic carbocycles. The van der Waals surface area contributed by atoms with Crippen molar-refractivity contribution in [1.82, 2.24) is 34.9 Å². The third-order valence-electron chi connectivity index (χ3n) is 12.6. The largest absolute Gasteiger partial charge is 0.457 e. The summed E-state index contributed by atoms with van der Waals surface area (Å²) < 4.78 is 7.96. The second-order valence-corrected chi connectivity index (χ2v) is 16.0. The molecular formula is C43H41N9O6. The number of aromatic nitrogens is 4. The number of carbonyl (C=O) groups excluding carboxylic acids is 5. The van der Waals surface area contributed by atoms with Crippen molar-refractivity contribution in [3.8, 4) is 22.8 Å². The number of carbonyl (C=O) groups is 5. The van der Waals surface area contributed by atoms with Crippen LogP contribution < -0.4 is 20.7 Å². The predicted molar refractivity (Wildman–Crippen MR) is 212 cm³/mol. The molecule has 4 aliphatic heterocycles. The number of nitrogens with one attached hydrogen (secondary N) is 1. The Morgan fingerprint density at radius 1 is 0.776 bits per heavy atom. The van der Waals surface area contributed by atoms with Gasteiger partial charge in [-0.15, -0.1) is 0 Å². The van der Waals surface area contributed by atoms with Crippen molar-refractivity contribution in [2.75, 3.05) is 36.8 Å². The van der Waals surface area contributed by atoms with E-state index in [1.54, 1.807) is 12.1 Å². The number of hydrogen-bond acceptors (Lipinski definition) is 11. The maximum Gasteiger partial charge on any atom is 0.262 e. The van der Waals surface area contributed by atoms with E-state index in [-0.39, 0.29) is 41.8 Å². The quantitative estimate of drug-likeness (QED) is 0.210. The number of ether oxygens (including phenoxy) is 1. The van der Waals surface area contributed by atoms with E-state index in [9.17, 15) is 24.0 Å². The number of amides is 5. The molecule has 5 amide bonds. The summed E-state index contributed by atoms with van der Waals surface area (Å²) in [7, 11) is 0. The van der Waals surface area contributed by atoms with E-state index in [0.717, 1.165) is 84.8 Å². The molecule has 3 N–H and O–H groups in total. The number of anilines is 2. The van der Waals surface area contributed by atoms with Crippen LogP contribution in [0, 0.1) is 17.8 Å². The Bertz CT molecular complexity index is 2490. The first-order valence-electron chi connectivity index (χ1n) is 19.9. The molecule has 1 saturated carbocycles. The average Bonchev–Trinajstić information content (AvgIpc) is 3.71. The first-order chi connectivity index (χ1) is 28.2. The number of para-hydroxylation sites is 1. The molecule has 5 aliphatic rings. The van der Waals surface area contributed by atoms with E-state index in [2.05, 4.69) is 20.2 Å². The van der Waals surface area contributed by atoms with Gasteiger partial charge in [0.15, 0.2) is 5.65 Å². The van der Waals surface area contributed by atoms with Gasteiger partial charge in [-0.1, -0.05) is 18.2 Å². The smallest absolute Gasteiger partial charge is 0.262 e. The number of rotatable bonds is 8. The molecule has 0 spiro atoms. The molecule has 2 aromatic heterocycles. The maximum absolute atomic E-state index is 13.7. The molecule has 58 heavy (non-hydrogen) atoms. The van der Waals surface area contributed by atoms with Crippen molar-refractivity contribution in [2.24, 2.45) is 17.8 Å². The molecule has 6 heterocycles. The molecule has 1 atom stereocenters. The lowest BCUT2D eigenvalue weighted by molar-refractivity contribution is -0.145. The fourth-order valence-corrected chi connectivity index (χ4v) is 9.25. The minimum atomic E-state index is -0.988. The summed E-state index contributed by atoms with van der Waals surface area (Å²) in [5.41, 5.74) is 10.1. The Balaban J connectivity index is 0.731. The van der Waals surface area contributed by atoms with E-state index in [1.165, 1.54) is 6.33 Å². The number of benzene rings is 3. The number of hydrogen-bond donors (Lipinski definition) is 2. The van der Waals surface area contributed by atoms with Crippen LogP contribution in [0.15, 0.2) is 79.1 Å². The second kappa shape index (κ2) is 14.1. The minimum Gasteiger partial charge on any atom is -0.457 e. The fraction of sp³-hybridized carbons (Fsp3) is 0.349. The van der Waals surface area contributed by atoms with Gasteiger partial charge in [0.1, 0.15) is 35.4 Å². The molecule has 0 bridgehead atoms. The van der Waals surface area contributed by atoms with Gasteiger partial charge < -0.3 is 20.3 Å². The SMILES string of the molecule is Nc1ncnc2c1c(-c1ccc(Oc3ccccc3)cc1)nn2C1CCC(C(=O)N2CC(C3CN(c4ccc5c(c4)C(=O)N(C4CCC(=O)NC4=O)C5=O)C3)C2)CC1. The van der Waals surface area contributed by atoms with E-state index in [1.807, 2.05) is 70.2 Å². The van der Waals surface area contributed by atoms with Gasteiger partial charge in [0.05, 0.1) is 22.6 Å². The molecule has 4 fully saturated rings. The highest BCUT2D eigenvalue weighted by molar-refractivity contribution is 6.23. The number of imide groups is 2. The summed E-state index contributed by atoms with van der Waals surface area (Å²) in [6, 6.07) is 21.7. The highest BCUT2D eigenvalue weighted by Crippen LogP contribution is 2.41. The highest BCUT2D eigenvalue weighted by Gasteiger charge is 2.47. The molecule has 1 unspecified atom stereocenters. The van der Waals surface area contributed by atoms with Gasteiger partial charge in [-0.3, -0.25) is 34.2 Å². The molecule has 15 nitrogen and oxygen atoms in total. The zero-order valence-electron chi connectivity index (χ0n) is 31.6. The summed E-state index contributed by atoms with van der Waals surface area (Å²) >= 11 is 0. The van der Waals surface area contributed by atoms with Gasteiger partial charge in [-0.2, -0.15) is 5.10 Å². The lowest BCUT2D eigenvalue weighted by Crippen LogP contribution is -2.61. The summed E-state index contributed by atoms with van der Waals surface area (Å²) in [5.74, 6) is 0.844. The molecule has 294 valence electrons. The monoisotopic (exact) mass is 779 g/mol. The van der Waals surface area contributed by atoms with E-state index >= 15 is 0 Å². The van der Waals surface area contributed by atoms with Gasteiger partial charge in [-0.05, 0) is 86.7 Å². The molecule has 3 aromatic carbocycles. The normalized spacial score (nSPS) is 22.5. The third-order valence-corrected chi connectivity index (χ3v) is 12.6. The Morgan fingerprint density at radius 3 is 2.22 bits per heavy atom. The Labute approximate surface area is 333 Å². The lowest BCUT2D eigenvalue weighted by atomic mass is 9.78. The van der Waals surface area contributed by atoms with Crippen molar-refractivity contribution < 1.29 is 28.7 Å². The van der Waals surface area contributed by atoms with Crippen LogP contribution >= 0.6 is 0 Å². The Morgan fingerprint density at radius 2 is 1.48 bits per heavy atom. The van der Waals surface area contributed by atoms with Gasteiger partial charge in [0, 0.05) is 61.6 Å². The average molecular weight is 780 g/mol. The van der Waals surface area contributed by atoms with Crippen molar-refractivity contribution in [3.63, 3.8) is 0 Å². The molecule has 0 radical (unpaired) electrons.